The molecule has 8 amide bonds. The van der Waals surface area contributed by atoms with Crippen LogP contribution >= 0.6 is 0 Å². The molecular weight excluding hydrogens is 867 g/mol. The summed E-state index contributed by atoms with van der Waals surface area (Å²) in [5.41, 5.74) is 11.9. The highest BCUT2D eigenvalue weighted by Crippen LogP contribution is 2.20. The molecule has 23 nitrogen and oxygen atoms in total. The molecule has 366 valence electrons. The fourth-order valence-corrected chi connectivity index (χ4v) is 7.13. The number of hydrogen-bond donors (Lipinski definition) is 11. The Morgan fingerprint density at radius 2 is 1.14 bits per heavy atom. The molecule has 0 saturated carbocycles. The van der Waals surface area contributed by atoms with E-state index >= 15 is 0 Å². The third-order valence-electron chi connectivity index (χ3n) is 10.6. The van der Waals surface area contributed by atoms with Crippen LogP contribution in [-0.2, 0) is 59.2 Å². The molecule has 1 fully saturated rings. The number of hydrogen-bond acceptors (Lipinski definition) is 12. The second-order valence-electron chi connectivity index (χ2n) is 17.4. The average molecular weight is 932 g/mol. The van der Waals surface area contributed by atoms with E-state index in [1.807, 2.05) is 13.8 Å². The topological polar surface area (TPSA) is 376 Å². The number of likely N-dealkylation sites (tertiary alicyclic amines) is 1. The van der Waals surface area contributed by atoms with Gasteiger partial charge in [-0.1, -0.05) is 71.9 Å². The Morgan fingerprint density at radius 3 is 1.65 bits per heavy atom. The van der Waals surface area contributed by atoms with Crippen molar-refractivity contribution < 1.29 is 68.1 Å². The van der Waals surface area contributed by atoms with Crippen molar-refractivity contribution in [2.45, 2.75) is 141 Å². The van der Waals surface area contributed by atoms with Crippen LogP contribution in [0.25, 0.3) is 0 Å². The fraction of sp³-hybridized carbons (Fsp3) is 0.605. The first-order valence-corrected chi connectivity index (χ1v) is 21.7. The van der Waals surface area contributed by atoms with Crippen LogP contribution in [0.1, 0.15) is 92.1 Å². The van der Waals surface area contributed by atoms with Crippen molar-refractivity contribution in [3.8, 4) is 0 Å². The summed E-state index contributed by atoms with van der Waals surface area (Å²) >= 11 is 0. The summed E-state index contributed by atoms with van der Waals surface area (Å²) in [4.78, 5) is 144. The normalized spacial score (nSPS) is 16.7. The van der Waals surface area contributed by atoms with Crippen LogP contribution in [0, 0.1) is 17.8 Å². The first kappa shape index (κ1) is 55.5. The number of carbonyl (C=O) groups excluding carboxylic acids is 8. The number of amides is 8. The van der Waals surface area contributed by atoms with Gasteiger partial charge in [-0.2, -0.15) is 0 Å². The number of primary amides is 1. The van der Waals surface area contributed by atoms with Crippen LogP contribution in [0.2, 0.25) is 0 Å². The van der Waals surface area contributed by atoms with E-state index < -0.39 is 151 Å². The molecule has 66 heavy (non-hydrogen) atoms. The van der Waals surface area contributed by atoms with Crippen molar-refractivity contribution in [3.63, 3.8) is 0 Å². The maximum Gasteiger partial charge on any atom is 0.326 e. The lowest BCUT2D eigenvalue weighted by molar-refractivity contribution is -0.150. The third kappa shape index (κ3) is 18.1. The number of carboxylic acids is 3. The minimum absolute atomic E-state index is 0.000616. The second-order valence-corrected chi connectivity index (χ2v) is 17.4. The minimum atomic E-state index is -1.73. The van der Waals surface area contributed by atoms with Crippen molar-refractivity contribution in [3.05, 3.63) is 35.9 Å². The molecule has 23 heteroatoms. The molecule has 1 saturated heterocycles. The van der Waals surface area contributed by atoms with Gasteiger partial charge in [0, 0.05) is 19.4 Å². The van der Waals surface area contributed by atoms with E-state index in [9.17, 15) is 68.1 Å². The number of nitrogens with two attached hydrogens (primary N) is 2. The highest BCUT2D eigenvalue weighted by molar-refractivity contribution is 5.99. The van der Waals surface area contributed by atoms with Crippen LogP contribution in [0.4, 0.5) is 0 Å². The molecule has 13 N–H and O–H groups in total. The predicted octanol–water partition coefficient (Wildman–Crippen LogP) is -1.89. The number of carbonyl (C=O) groups is 11. The third-order valence-corrected chi connectivity index (χ3v) is 10.6. The Bertz CT molecular complexity index is 1930. The molecule has 1 aliphatic heterocycles. The Hall–Kier alpha value is -6.65. The smallest absolute Gasteiger partial charge is 0.326 e. The van der Waals surface area contributed by atoms with Gasteiger partial charge in [-0.15, -0.1) is 0 Å². The lowest BCUT2D eigenvalue weighted by Crippen LogP contribution is -2.62. The SMILES string of the molecule is CC(C)C[C@H](N)C(=O)N[C@@H](CCC(=O)O)C(=O)N[C@@H](CC(N)=O)C(=O)N[C@H](C(=O)N[C@H](C(=O)N[C@@H](Cc1ccccc1)C(=O)N[C@@H](CC(=O)O)C(=O)N1CCC[C@H]1C(=O)O)C(C)C)C(C)C. The summed E-state index contributed by atoms with van der Waals surface area (Å²) in [7, 11) is 0. The van der Waals surface area contributed by atoms with Gasteiger partial charge in [-0.05, 0) is 49.0 Å². The Labute approximate surface area is 382 Å². The monoisotopic (exact) mass is 931 g/mol. The molecular formula is C43H65N9O14. The highest BCUT2D eigenvalue weighted by atomic mass is 16.4. The number of nitrogens with zero attached hydrogens (tertiary/aromatic N) is 1. The zero-order valence-corrected chi connectivity index (χ0v) is 38.0. The van der Waals surface area contributed by atoms with Gasteiger partial charge in [0.05, 0.1) is 18.9 Å². The zero-order valence-electron chi connectivity index (χ0n) is 38.0. The molecule has 0 radical (unpaired) electrons. The lowest BCUT2D eigenvalue weighted by atomic mass is 9.98. The van der Waals surface area contributed by atoms with Crippen LogP contribution < -0.4 is 43.4 Å². The van der Waals surface area contributed by atoms with Crippen LogP contribution in [0.3, 0.4) is 0 Å². The molecule has 8 atom stereocenters. The van der Waals surface area contributed by atoms with Gasteiger partial charge in [0.25, 0.3) is 0 Å². The molecule has 1 aromatic rings. The van der Waals surface area contributed by atoms with E-state index in [1.165, 1.54) is 0 Å². The summed E-state index contributed by atoms with van der Waals surface area (Å²) in [5, 5.41) is 43.2. The van der Waals surface area contributed by atoms with Crippen molar-refractivity contribution >= 4 is 65.2 Å². The predicted molar refractivity (Wildman–Crippen MR) is 234 cm³/mol. The zero-order chi connectivity index (χ0) is 50.0. The van der Waals surface area contributed by atoms with Crippen molar-refractivity contribution in [1.82, 2.24) is 36.8 Å². The van der Waals surface area contributed by atoms with Gasteiger partial charge < -0.3 is 63.6 Å². The maximum atomic E-state index is 14.0. The fourth-order valence-electron chi connectivity index (χ4n) is 7.13. The Balaban J connectivity index is 2.37. The van der Waals surface area contributed by atoms with E-state index in [2.05, 4.69) is 31.9 Å². The van der Waals surface area contributed by atoms with Gasteiger partial charge in [-0.25, -0.2) is 4.79 Å². The molecule has 0 aromatic heterocycles. The van der Waals surface area contributed by atoms with Gasteiger partial charge in [-0.3, -0.25) is 47.9 Å². The number of rotatable bonds is 27. The summed E-state index contributed by atoms with van der Waals surface area (Å²) < 4.78 is 0. The number of nitrogens with one attached hydrogen (secondary N) is 6. The molecule has 1 aliphatic rings. The van der Waals surface area contributed by atoms with Crippen LogP contribution in [0.5, 0.6) is 0 Å². The minimum Gasteiger partial charge on any atom is -0.481 e. The first-order valence-electron chi connectivity index (χ1n) is 21.7. The molecule has 1 heterocycles. The highest BCUT2D eigenvalue weighted by Gasteiger charge is 2.40. The van der Waals surface area contributed by atoms with Gasteiger partial charge in [0.15, 0.2) is 0 Å². The first-order chi connectivity index (χ1) is 30.8. The summed E-state index contributed by atoms with van der Waals surface area (Å²) in [6.45, 7) is 9.88. The quantitative estimate of drug-likeness (QED) is 0.0460. The van der Waals surface area contributed by atoms with E-state index in [0.29, 0.717) is 12.0 Å². The van der Waals surface area contributed by atoms with Crippen molar-refractivity contribution in [2.75, 3.05) is 6.54 Å². The average Bonchev–Trinajstić information content (AvgIpc) is 3.72. The van der Waals surface area contributed by atoms with Crippen LogP contribution in [-0.4, -0.2) is 140 Å². The molecule has 0 spiro atoms. The molecule has 1 aromatic carbocycles. The van der Waals surface area contributed by atoms with Gasteiger partial charge in [0.1, 0.15) is 42.3 Å². The van der Waals surface area contributed by atoms with Crippen molar-refractivity contribution in [1.29, 1.82) is 0 Å². The molecule has 2 rings (SSSR count). The molecule has 0 unspecified atom stereocenters. The van der Waals surface area contributed by atoms with Gasteiger partial charge in [0.2, 0.25) is 47.3 Å². The van der Waals surface area contributed by atoms with E-state index in [-0.39, 0.29) is 31.7 Å². The maximum absolute atomic E-state index is 14.0. The Kier molecular flexibility index (Phi) is 22.1. The number of carboxylic acid groups (broad SMARTS) is 3. The number of aliphatic carboxylic acids is 3. The standard InChI is InChI=1S/C43H65N9O14/c1-21(2)17-25(44)36(58)46-26(14-15-32(54)55)37(59)47-28(19-31(45)53)39(61)50-35(23(5)6)41(63)51-34(22(3)4)40(62)48-27(18-24-11-8-7-9-12-24)38(60)49-29(20-33(56)57)42(64)52-16-10-13-30(52)43(65)66/h7-9,11-12,21-23,25-30,34-35H,10,13-20,44H2,1-6H3,(H2,45,53)(H,46,58)(H,47,59)(H,48,62)(H,49,60)(H,50,61)(H,51,63)(H,54,55)(H,56,57)(H,65,66)/t25-,26-,27-,28-,29-,30-,34-,35-/m0/s1. The molecule has 0 bridgehead atoms. The number of benzene rings is 1. The van der Waals surface area contributed by atoms with E-state index in [0.717, 1.165) is 4.90 Å². The summed E-state index contributed by atoms with van der Waals surface area (Å²) in [6.07, 6.45) is -2.13. The Morgan fingerprint density at radius 1 is 0.636 bits per heavy atom. The van der Waals surface area contributed by atoms with Crippen LogP contribution in [0.15, 0.2) is 30.3 Å². The van der Waals surface area contributed by atoms with E-state index in [1.54, 1.807) is 58.0 Å². The van der Waals surface area contributed by atoms with E-state index in [4.69, 9.17) is 11.5 Å². The second kappa shape index (κ2) is 26.3. The van der Waals surface area contributed by atoms with Crippen molar-refractivity contribution in [2.24, 2.45) is 29.2 Å². The lowest BCUT2D eigenvalue weighted by Gasteiger charge is -2.30. The van der Waals surface area contributed by atoms with Gasteiger partial charge >= 0.3 is 17.9 Å². The summed E-state index contributed by atoms with van der Waals surface area (Å²) in [5.74, 6) is -13.1. The largest absolute Gasteiger partial charge is 0.481 e. The summed E-state index contributed by atoms with van der Waals surface area (Å²) in [6, 6.07) is -3.16. The molecule has 0 aliphatic carbocycles.